The Hall–Kier alpha value is 0.110. The molecular weight excluding hydrogens is 123 g/mol. The van der Waals surface area contributed by atoms with Crippen molar-refractivity contribution in [1.82, 2.24) is 6.15 Å². The van der Waals surface area contributed by atoms with Crippen LogP contribution >= 0.6 is 12.4 Å². The fourth-order valence-corrected chi connectivity index (χ4v) is 0. The molecule has 0 aliphatic carbocycles. The van der Waals surface area contributed by atoms with E-state index in [1.807, 2.05) is 0 Å². The maximum Gasteiger partial charge on any atom is 0.242 e. The van der Waals surface area contributed by atoms with Gasteiger partial charge in [-0.05, 0) is 13.8 Å². The summed E-state index contributed by atoms with van der Waals surface area (Å²) in [5.41, 5.74) is 0. The Bertz CT molecular complexity index is 28.4. The van der Waals surface area contributed by atoms with E-state index < -0.39 is 5.92 Å². The highest BCUT2D eigenvalue weighted by atomic mass is 35.5. The van der Waals surface area contributed by atoms with Crippen molar-refractivity contribution in [2.24, 2.45) is 0 Å². The van der Waals surface area contributed by atoms with E-state index in [1.165, 1.54) is 0 Å². The monoisotopic (exact) mass is 133 g/mol. The highest BCUT2D eigenvalue weighted by Gasteiger charge is 2.08. The van der Waals surface area contributed by atoms with Crippen molar-refractivity contribution >= 4 is 12.4 Å². The molecule has 0 heterocycles. The van der Waals surface area contributed by atoms with Crippen molar-refractivity contribution in [2.75, 3.05) is 0 Å². The lowest BCUT2D eigenvalue weighted by Gasteiger charge is -1.94. The Labute approximate surface area is 48.1 Å². The highest BCUT2D eigenvalue weighted by molar-refractivity contribution is 5.85. The molecule has 0 aliphatic rings. The van der Waals surface area contributed by atoms with Crippen molar-refractivity contribution in [2.45, 2.75) is 19.8 Å². The van der Waals surface area contributed by atoms with Crippen LogP contribution in [0.4, 0.5) is 8.78 Å². The number of alkyl halides is 2. The second-order valence-electron chi connectivity index (χ2n) is 1.33. The van der Waals surface area contributed by atoms with E-state index in [2.05, 4.69) is 0 Å². The molecular formula is C3H10ClF2N. The lowest BCUT2D eigenvalue weighted by Crippen LogP contribution is -1.98. The van der Waals surface area contributed by atoms with Crippen LogP contribution in [0.15, 0.2) is 0 Å². The predicted molar refractivity (Wildman–Crippen MR) is 28.6 cm³/mol. The molecule has 0 radical (unpaired) electrons. The van der Waals surface area contributed by atoms with Crippen LogP contribution in [0, 0.1) is 0 Å². The molecule has 0 atom stereocenters. The van der Waals surface area contributed by atoms with E-state index in [-0.39, 0.29) is 18.6 Å². The first-order valence-electron chi connectivity index (χ1n) is 1.38. The quantitative estimate of drug-likeness (QED) is 0.541. The van der Waals surface area contributed by atoms with Gasteiger partial charge < -0.3 is 6.15 Å². The first-order chi connectivity index (χ1) is 2.00. The van der Waals surface area contributed by atoms with Gasteiger partial charge in [-0.25, -0.2) is 8.78 Å². The van der Waals surface area contributed by atoms with Gasteiger partial charge in [0.25, 0.3) is 0 Å². The SMILES string of the molecule is CC(C)(F)F.Cl.N. The number of hydrogen-bond acceptors (Lipinski definition) is 1. The first kappa shape index (κ1) is 15.7. The fourth-order valence-electron chi connectivity index (χ4n) is 0. The van der Waals surface area contributed by atoms with Crippen LogP contribution in [0.2, 0.25) is 0 Å². The Morgan fingerprint density at radius 3 is 1.14 bits per heavy atom. The van der Waals surface area contributed by atoms with E-state index in [1.54, 1.807) is 0 Å². The molecule has 0 amide bonds. The van der Waals surface area contributed by atoms with Gasteiger partial charge in [0.2, 0.25) is 5.92 Å². The molecule has 0 aromatic heterocycles. The minimum atomic E-state index is -2.50. The topological polar surface area (TPSA) is 35.0 Å². The van der Waals surface area contributed by atoms with E-state index >= 15 is 0 Å². The minimum Gasteiger partial charge on any atom is -0.344 e. The summed E-state index contributed by atoms with van der Waals surface area (Å²) in [6.07, 6.45) is 0. The van der Waals surface area contributed by atoms with Gasteiger partial charge in [0.05, 0.1) is 0 Å². The van der Waals surface area contributed by atoms with Gasteiger partial charge in [-0.2, -0.15) is 0 Å². The maximum atomic E-state index is 11.0. The summed E-state index contributed by atoms with van der Waals surface area (Å²) in [7, 11) is 0. The molecule has 0 rings (SSSR count). The summed E-state index contributed by atoms with van der Waals surface area (Å²) in [5.74, 6) is -2.50. The molecule has 48 valence electrons. The van der Waals surface area contributed by atoms with Crippen LogP contribution in [0.5, 0.6) is 0 Å². The molecule has 0 aromatic carbocycles. The highest BCUT2D eigenvalue weighted by Crippen LogP contribution is 2.06. The third-order valence-corrected chi connectivity index (χ3v) is 0. The molecule has 0 fully saturated rings. The van der Waals surface area contributed by atoms with Crippen LogP contribution in [0.1, 0.15) is 13.8 Å². The normalized spacial score (nSPS) is 8.57. The second-order valence-corrected chi connectivity index (χ2v) is 1.33. The van der Waals surface area contributed by atoms with Crippen LogP contribution in [0.3, 0.4) is 0 Å². The lowest BCUT2D eigenvalue weighted by molar-refractivity contribution is 0.0437. The van der Waals surface area contributed by atoms with Crippen molar-refractivity contribution in [3.8, 4) is 0 Å². The van der Waals surface area contributed by atoms with Crippen LogP contribution in [0.25, 0.3) is 0 Å². The van der Waals surface area contributed by atoms with Gasteiger partial charge in [0.1, 0.15) is 0 Å². The third kappa shape index (κ3) is 8530. The van der Waals surface area contributed by atoms with Crippen molar-refractivity contribution in [3.05, 3.63) is 0 Å². The zero-order chi connectivity index (χ0) is 4.50. The molecule has 0 spiro atoms. The van der Waals surface area contributed by atoms with Crippen molar-refractivity contribution < 1.29 is 8.78 Å². The second kappa shape index (κ2) is 4.27. The van der Waals surface area contributed by atoms with Gasteiger partial charge in [0.15, 0.2) is 0 Å². The fraction of sp³-hybridized carbons (Fsp3) is 1.00. The average molecular weight is 134 g/mol. The van der Waals surface area contributed by atoms with Gasteiger partial charge in [-0.15, -0.1) is 12.4 Å². The molecule has 0 saturated heterocycles. The van der Waals surface area contributed by atoms with Gasteiger partial charge in [0, 0.05) is 0 Å². The summed E-state index contributed by atoms with van der Waals surface area (Å²) < 4.78 is 22.0. The Morgan fingerprint density at radius 2 is 1.14 bits per heavy atom. The predicted octanol–water partition coefficient (Wildman–Crippen LogP) is 2.25. The zero-order valence-corrected chi connectivity index (χ0v) is 5.19. The standard InChI is InChI=1S/C3H6F2.ClH.H3N/c1-3(2,4)5;;/h1-2H3;1H;1H3. The van der Waals surface area contributed by atoms with Gasteiger partial charge in [-0.1, -0.05) is 0 Å². The Morgan fingerprint density at radius 1 is 1.14 bits per heavy atom. The largest absolute Gasteiger partial charge is 0.344 e. The molecule has 3 N–H and O–H groups in total. The molecule has 1 nitrogen and oxygen atoms in total. The maximum absolute atomic E-state index is 11.0. The van der Waals surface area contributed by atoms with E-state index in [0.29, 0.717) is 0 Å². The molecule has 0 unspecified atom stereocenters. The van der Waals surface area contributed by atoms with Gasteiger partial charge >= 0.3 is 0 Å². The summed E-state index contributed by atoms with van der Waals surface area (Å²) in [4.78, 5) is 0. The number of rotatable bonds is 0. The molecule has 4 heteroatoms. The van der Waals surface area contributed by atoms with E-state index in [4.69, 9.17) is 0 Å². The Kier molecular flexibility index (Phi) is 9.59. The molecule has 0 aromatic rings. The minimum absolute atomic E-state index is 0. The van der Waals surface area contributed by atoms with Crippen molar-refractivity contribution in [1.29, 1.82) is 0 Å². The molecule has 0 aliphatic heterocycles. The summed E-state index contributed by atoms with van der Waals surface area (Å²) in [6.45, 7) is 1.71. The third-order valence-electron chi connectivity index (χ3n) is 0. The van der Waals surface area contributed by atoms with Gasteiger partial charge in [-0.3, -0.25) is 0 Å². The van der Waals surface area contributed by atoms with Crippen LogP contribution in [-0.4, -0.2) is 5.92 Å². The summed E-state index contributed by atoms with van der Waals surface area (Å²) in [5, 5.41) is 0. The molecule has 7 heavy (non-hydrogen) atoms. The number of hydrogen-bond donors (Lipinski definition) is 1. The summed E-state index contributed by atoms with van der Waals surface area (Å²) >= 11 is 0. The first-order valence-corrected chi connectivity index (χ1v) is 1.38. The zero-order valence-electron chi connectivity index (χ0n) is 4.37. The Balaban J connectivity index is -0.0000000800. The lowest BCUT2D eigenvalue weighted by atomic mass is 10.5. The number of halogens is 3. The van der Waals surface area contributed by atoms with Crippen LogP contribution in [-0.2, 0) is 0 Å². The van der Waals surface area contributed by atoms with E-state index in [0.717, 1.165) is 13.8 Å². The smallest absolute Gasteiger partial charge is 0.242 e. The van der Waals surface area contributed by atoms with E-state index in [9.17, 15) is 8.78 Å². The van der Waals surface area contributed by atoms with Crippen molar-refractivity contribution in [3.63, 3.8) is 0 Å². The average Bonchev–Trinajstić information content (AvgIpc) is 0.722. The molecule has 0 bridgehead atoms. The van der Waals surface area contributed by atoms with Crippen LogP contribution < -0.4 is 6.15 Å². The summed E-state index contributed by atoms with van der Waals surface area (Å²) in [6, 6.07) is 0. The molecule has 0 saturated carbocycles.